The minimum atomic E-state index is -0.879. The van der Waals surface area contributed by atoms with E-state index in [4.69, 9.17) is 10.8 Å². The van der Waals surface area contributed by atoms with Crippen LogP contribution in [0.15, 0.2) is 97.1 Å². The number of phenolic OH excluding ortho intramolecular Hbond substituents is 4. The number of carboxylic acid groups (broad SMARTS) is 1. The number of fused-ring (bicyclic) bond motifs is 2. The Morgan fingerprint density at radius 1 is 0.544 bits per heavy atom. The van der Waals surface area contributed by atoms with Gasteiger partial charge in [0.05, 0.1) is 5.56 Å². The zero-order valence-corrected chi connectivity index (χ0v) is 40.5. The number of rotatable bonds is 7. The van der Waals surface area contributed by atoms with E-state index in [1.807, 2.05) is 18.2 Å². The predicted octanol–water partition coefficient (Wildman–Crippen LogP) is 11.7. The summed E-state index contributed by atoms with van der Waals surface area (Å²) in [5.41, 5.74) is 8.01. The first-order chi connectivity index (χ1) is 31.4. The van der Waals surface area contributed by atoms with Gasteiger partial charge in [-0.2, -0.15) is 0 Å². The molecule has 0 saturated heterocycles. The number of nitrogens with two attached hydrogens (primary N) is 1. The van der Waals surface area contributed by atoms with Gasteiger partial charge in [-0.1, -0.05) is 112 Å². The summed E-state index contributed by atoms with van der Waals surface area (Å²) in [6.07, 6.45) is 8.21. The molecule has 4 aromatic carbocycles. The highest BCUT2D eigenvalue weighted by Gasteiger charge is 2.60. The van der Waals surface area contributed by atoms with Crippen LogP contribution in [0.25, 0.3) is 0 Å². The van der Waals surface area contributed by atoms with Crippen LogP contribution < -0.4 is 11.1 Å². The topological polar surface area (TPSA) is 207 Å². The molecule has 0 radical (unpaired) electrons. The van der Waals surface area contributed by atoms with E-state index >= 15 is 0 Å². The van der Waals surface area contributed by atoms with Crippen LogP contribution in [0.5, 0.6) is 23.0 Å². The smallest absolute Gasteiger partial charge is 0.335 e. The van der Waals surface area contributed by atoms with Crippen molar-refractivity contribution in [3.8, 4) is 23.0 Å². The molecular weight excluding hydrogens is 857 g/mol. The van der Waals surface area contributed by atoms with Crippen molar-refractivity contribution in [1.82, 2.24) is 5.32 Å². The number of phenols is 4. The Bertz CT molecular complexity index is 2380. The van der Waals surface area contributed by atoms with Gasteiger partial charge >= 0.3 is 5.97 Å². The van der Waals surface area contributed by atoms with Crippen molar-refractivity contribution >= 4 is 23.4 Å². The largest absolute Gasteiger partial charge is 0.508 e. The van der Waals surface area contributed by atoms with Gasteiger partial charge in [-0.05, 0) is 132 Å². The number of ketones is 2. The fraction of sp³-hybridized carbons (Fsp3) is 0.509. The zero-order chi connectivity index (χ0) is 49.2. The van der Waals surface area contributed by atoms with Gasteiger partial charge in [0.25, 0.3) is 5.91 Å². The number of aromatic hydroxyl groups is 4. The number of hydrogen-bond donors (Lipinski definition) is 7. The molecule has 0 aromatic heterocycles. The normalized spacial score (nSPS) is 29.8. The lowest BCUT2D eigenvalue weighted by Gasteiger charge is -2.60. The summed E-state index contributed by atoms with van der Waals surface area (Å²) in [6, 6.07) is 25.6. The van der Waals surface area contributed by atoms with Crippen LogP contribution in [-0.2, 0) is 0 Å². The molecular formula is C57H76N2O9. The van der Waals surface area contributed by atoms with E-state index in [2.05, 4.69) is 60.7 Å². The molecule has 0 spiro atoms. The fourth-order valence-corrected chi connectivity index (χ4v) is 13.4. The van der Waals surface area contributed by atoms with Gasteiger partial charge in [-0.25, -0.2) is 4.79 Å². The quantitative estimate of drug-likeness (QED) is 0.0873. The molecule has 68 heavy (non-hydrogen) atoms. The molecule has 4 aromatic rings. The van der Waals surface area contributed by atoms with Gasteiger partial charge in [0.2, 0.25) is 0 Å². The van der Waals surface area contributed by atoms with Crippen LogP contribution in [0.2, 0.25) is 0 Å². The van der Waals surface area contributed by atoms with Crippen LogP contribution in [0, 0.1) is 57.2 Å². The summed E-state index contributed by atoms with van der Waals surface area (Å²) >= 11 is 0. The number of nitrogens with one attached hydrogen (secondary N) is 1. The molecule has 4 aliphatic carbocycles. The number of amides is 1. The van der Waals surface area contributed by atoms with Crippen molar-refractivity contribution in [2.75, 3.05) is 0 Å². The molecule has 8 N–H and O–H groups in total. The maximum Gasteiger partial charge on any atom is 0.335 e. The van der Waals surface area contributed by atoms with Crippen molar-refractivity contribution in [2.45, 2.75) is 126 Å². The van der Waals surface area contributed by atoms with Crippen LogP contribution in [-0.4, -0.2) is 61.1 Å². The molecule has 368 valence electrons. The van der Waals surface area contributed by atoms with E-state index in [1.165, 1.54) is 42.8 Å². The maximum atomic E-state index is 14.0. The first-order valence-corrected chi connectivity index (χ1v) is 23.9. The summed E-state index contributed by atoms with van der Waals surface area (Å²) in [5.74, 6) is -1.36. The Morgan fingerprint density at radius 2 is 0.926 bits per heavy atom. The third kappa shape index (κ3) is 11.1. The standard InChI is InChI=1S/C28H35NO4.C21H31NO3.C7H6O2.CH4/c1-17-22(29-26(33)18-9-6-5-7-10-18)16-23-27(2,3)11-8-12-28(23,4)24(17)25(32)19-13-20(30)15-21(31)14-19;1-12-16(22)11-17-20(2,3)6-5-7-21(17,4)18(12)19(25)13-8-14(23)10-15(24)9-13;8-7(9)6-4-2-1-3-5-6;/h5-7,9-10,13-15,17,22-24,30-31H,8,11-12,16H2,1-4H3,(H,29,33);8-10,12,16-18,23-24H,5-7,11,22H2,1-4H3;1-5H,(H,8,9);1H4/t17-,22-,23+,24-,28+;12-,16-,17+,18-,21+;;/m11../s1. The Kier molecular flexibility index (Phi) is 16.4. The number of benzene rings is 4. The summed E-state index contributed by atoms with van der Waals surface area (Å²) in [6.45, 7) is 17.8. The number of hydrogen-bond acceptors (Lipinski definition) is 9. The summed E-state index contributed by atoms with van der Waals surface area (Å²) in [5, 5.41) is 51.3. The third-order valence-electron chi connectivity index (χ3n) is 16.6. The fourth-order valence-electron chi connectivity index (χ4n) is 13.4. The van der Waals surface area contributed by atoms with Crippen molar-refractivity contribution in [3.63, 3.8) is 0 Å². The van der Waals surface area contributed by atoms with E-state index in [0.29, 0.717) is 28.2 Å². The third-order valence-corrected chi connectivity index (χ3v) is 16.6. The highest BCUT2D eigenvalue weighted by atomic mass is 16.4. The highest BCUT2D eigenvalue weighted by Crippen LogP contribution is 2.63. The number of aromatic carboxylic acids is 1. The molecule has 11 heteroatoms. The van der Waals surface area contributed by atoms with Gasteiger partial charge in [0, 0.05) is 52.7 Å². The van der Waals surface area contributed by atoms with Gasteiger partial charge in [0.15, 0.2) is 11.6 Å². The lowest BCUT2D eigenvalue weighted by molar-refractivity contribution is -0.0902. The summed E-state index contributed by atoms with van der Waals surface area (Å²) in [7, 11) is 0. The summed E-state index contributed by atoms with van der Waals surface area (Å²) < 4.78 is 0. The minimum absolute atomic E-state index is 0. The van der Waals surface area contributed by atoms with Gasteiger partial charge in [-0.3, -0.25) is 14.4 Å². The number of carbonyl (C=O) groups is 4. The Morgan fingerprint density at radius 3 is 1.32 bits per heavy atom. The average Bonchev–Trinajstić information content (AvgIpc) is 3.25. The minimum Gasteiger partial charge on any atom is -0.508 e. The summed E-state index contributed by atoms with van der Waals surface area (Å²) in [4.78, 5) is 50.6. The molecule has 8 rings (SSSR count). The number of carbonyl (C=O) groups excluding carboxylic acids is 3. The van der Waals surface area contributed by atoms with E-state index in [0.717, 1.165) is 44.9 Å². The van der Waals surface area contributed by atoms with Crippen molar-refractivity contribution in [2.24, 2.45) is 62.9 Å². The molecule has 11 nitrogen and oxygen atoms in total. The molecule has 0 bridgehead atoms. The lowest BCUT2D eigenvalue weighted by atomic mass is 9.45. The predicted molar refractivity (Wildman–Crippen MR) is 267 cm³/mol. The van der Waals surface area contributed by atoms with Crippen LogP contribution in [0.1, 0.15) is 156 Å². The Labute approximate surface area is 403 Å². The molecule has 4 saturated carbocycles. The van der Waals surface area contributed by atoms with Crippen molar-refractivity contribution in [1.29, 1.82) is 0 Å². The van der Waals surface area contributed by atoms with Crippen molar-refractivity contribution in [3.05, 3.63) is 119 Å². The van der Waals surface area contributed by atoms with E-state index in [1.54, 1.807) is 42.5 Å². The highest BCUT2D eigenvalue weighted by molar-refractivity contribution is 6.00. The van der Waals surface area contributed by atoms with Gasteiger partial charge < -0.3 is 36.6 Å². The van der Waals surface area contributed by atoms with Gasteiger partial charge in [-0.15, -0.1) is 0 Å². The first-order valence-electron chi connectivity index (χ1n) is 23.9. The van der Waals surface area contributed by atoms with Gasteiger partial charge in [0.1, 0.15) is 23.0 Å². The van der Waals surface area contributed by atoms with Crippen LogP contribution >= 0.6 is 0 Å². The second kappa shape index (κ2) is 20.9. The van der Waals surface area contributed by atoms with Crippen molar-refractivity contribution < 1.29 is 44.7 Å². The molecule has 1 amide bonds. The van der Waals surface area contributed by atoms with Crippen LogP contribution in [0.3, 0.4) is 0 Å². The Balaban J connectivity index is 0.000000217. The molecule has 0 unspecified atom stereocenters. The second-order valence-electron chi connectivity index (χ2n) is 21.9. The van der Waals surface area contributed by atoms with Crippen LogP contribution in [0.4, 0.5) is 0 Å². The van der Waals surface area contributed by atoms with E-state index in [-0.39, 0.29) is 111 Å². The number of Topliss-reactive ketones (excluding diaryl/α,β-unsaturated/α-hetero) is 2. The molecule has 4 aliphatic rings. The van der Waals surface area contributed by atoms with E-state index in [9.17, 15) is 39.6 Å². The lowest BCUT2D eigenvalue weighted by Crippen LogP contribution is -2.60. The zero-order valence-electron chi connectivity index (χ0n) is 40.5. The molecule has 0 heterocycles. The number of carboxylic acids is 1. The maximum absolute atomic E-state index is 14.0. The SMILES string of the molecule is C.C[C@@H]1[C@H](N)C[C@H]2C(C)(C)CCC[C@]2(C)[C@H]1C(=O)c1cc(O)cc(O)c1.C[C@@H]1[C@H](NC(=O)c2ccccc2)C[C@H]2C(C)(C)CCC[C@]2(C)[C@H]1C(=O)c1cc(O)cc(O)c1.O=C(O)c1ccccc1. The molecule has 10 atom stereocenters. The molecule has 4 fully saturated rings. The Hall–Kier alpha value is -5.68. The monoisotopic (exact) mass is 933 g/mol. The second-order valence-corrected chi connectivity index (χ2v) is 21.9. The first kappa shape index (κ1) is 53.3. The van der Waals surface area contributed by atoms with E-state index < -0.39 is 5.97 Å². The molecule has 0 aliphatic heterocycles. The average molecular weight is 933 g/mol.